The molecule has 1 nitrogen and oxygen atoms in total. The Morgan fingerprint density at radius 3 is 1.58 bits per heavy atom. The second-order valence-electron chi connectivity index (χ2n) is 6.56. The van der Waals surface area contributed by atoms with E-state index in [0.717, 1.165) is 6.07 Å². The van der Waals surface area contributed by atoms with Crippen molar-refractivity contribution >= 4 is 18.8 Å². The first kappa shape index (κ1) is 29.2. The summed E-state index contributed by atoms with van der Waals surface area (Å²) in [6, 6.07) is 3.82. The molecule has 17 heteroatoms. The van der Waals surface area contributed by atoms with E-state index >= 15 is 0 Å². The van der Waals surface area contributed by atoms with Crippen LogP contribution in [-0.4, -0.2) is 54.5 Å². The molecule has 1 aromatic carbocycles. The number of aryl methyl sites for hydroxylation is 1. The fourth-order valence-electron chi connectivity index (χ4n) is 2.14. The van der Waals surface area contributed by atoms with Gasteiger partial charge in [0.15, 0.2) is 0 Å². The molecule has 33 heavy (non-hydrogen) atoms. The predicted octanol–water partition coefficient (Wildman–Crippen LogP) is 7.08. The molecule has 0 heterocycles. The lowest BCUT2D eigenvalue weighted by Crippen LogP contribution is -2.72. The summed E-state index contributed by atoms with van der Waals surface area (Å²) < 4.78 is 196. The van der Waals surface area contributed by atoms with E-state index in [4.69, 9.17) is 0 Å². The van der Waals surface area contributed by atoms with E-state index in [0.29, 0.717) is 11.8 Å². The molecule has 0 aliphatic rings. The van der Waals surface area contributed by atoms with Crippen molar-refractivity contribution in [3.8, 4) is 0 Å². The SMILES string of the molecule is Cc1cccc(C=NCC(F)(F)C(F)(F)C(F)(F)C(F)(F)C(F)(F)C(F)(F)C(F)(F)F)c1S. The first-order valence-corrected chi connectivity index (χ1v) is 8.47. The van der Waals surface area contributed by atoms with Gasteiger partial charge in [0.2, 0.25) is 0 Å². The lowest BCUT2D eigenvalue weighted by molar-refractivity contribution is -0.451. The molecular weight excluding hydrogens is 523 g/mol. The maximum atomic E-state index is 13.7. The molecule has 0 N–H and O–H groups in total. The Balaban J connectivity index is 3.39. The molecule has 0 unspecified atom stereocenters. The molecule has 0 aliphatic carbocycles. The van der Waals surface area contributed by atoms with Crippen molar-refractivity contribution in [1.29, 1.82) is 0 Å². The van der Waals surface area contributed by atoms with Crippen molar-refractivity contribution < 1.29 is 65.9 Å². The van der Waals surface area contributed by atoms with Crippen LogP contribution in [0, 0.1) is 6.92 Å². The number of nitrogens with zero attached hydrogens (tertiary/aromatic N) is 1. The van der Waals surface area contributed by atoms with Crippen molar-refractivity contribution in [1.82, 2.24) is 0 Å². The zero-order chi connectivity index (χ0) is 26.5. The first-order chi connectivity index (χ1) is 14.4. The molecule has 0 fully saturated rings. The van der Waals surface area contributed by atoms with Crippen LogP contribution in [0.25, 0.3) is 0 Å². The van der Waals surface area contributed by atoms with Crippen LogP contribution < -0.4 is 0 Å². The number of aliphatic imine (C=N–C) groups is 1. The van der Waals surface area contributed by atoms with Crippen LogP contribution in [0.3, 0.4) is 0 Å². The summed E-state index contributed by atoms with van der Waals surface area (Å²) in [5.41, 5.74) is 0.226. The Morgan fingerprint density at radius 1 is 0.697 bits per heavy atom. The molecule has 0 saturated carbocycles. The van der Waals surface area contributed by atoms with Gasteiger partial charge in [0.25, 0.3) is 0 Å². The van der Waals surface area contributed by atoms with Gasteiger partial charge in [0.1, 0.15) is 6.54 Å². The first-order valence-electron chi connectivity index (χ1n) is 8.02. The summed E-state index contributed by atoms with van der Waals surface area (Å²) in [6.07, 6.45) is -7.28. The Morgan fingerprint density at radius 2 is 1.12 bits per heavy atom. The zero-order valence-corrected chi connectivity index (χ0v) is 16.5. The lowest BCUT2D eigenvalue weighted by atomic mass is 9.91. The summed E-state index contributed by atoms with van der Waals surface area (Å²) in [5, 5.41) is 0. The van der Waals surface area contributed by atoms with Crippen LogP contribution in [0.1, 0.15) is 11.1 Å². The number of alkyl halides is 15. The van der Waals surface area contributed by atoms with Gasteiger partial charge in [0.05, 0.1) is 0 Å². The summed E-state index contributed by atoms with van der Waals surface area (Å²) in [7, 11) is 0. The van der Waals surface area contributed by atoms with Gasteiger partial charge in [-0.25, -0.2) is 0 Å². The highest BCUT2D eigenvalue weighted by molar-refractivity contribution is 7.80. The van der Waals surface area contributed by atoms with E-state index < -0.39 is 48.3 Å². The lowest BCUT2D eigenvalue weighted by Gasteiger charge is -2.41. The van der Waals surface area contributed by atoms with Gasteiger partial charge in [-0.05, 0) is 12.5 Å². The number of thiol groups is 1. The largest absolute Gasteiger partial charge is 0.460 e. The average Bonchev–Trinajstić information content (AvgIpc) is 2.63. The van der Waals surface area contributed by atoms with Gasteiger partial charge in [-0.15, -0.1) is 12.6 Å². The smallest absolute Gasteiger partial charge is 0.286 e. The van der Waals surface area contributed by atoms with Crippen LogP contribution in [0.5, 0.6) is 0 Å². The average molecular weight is 533 g/mol. The predicted molar refractivity (Wildman–Crippen MR) is 86.6 cm³/mol. The van der Waals surface area contributed by atoms with Crippen LogP contribution in [-0.2, 0) is 0 Å². The minimum Gasteiger partial charge on any atom is -0.286 e. The second kappa shape index (κ2) is 8.45. The third kappa shape index (κ3) is 4.48. The van der Waals surface area contributed by atoms with Crippen molar-refractivity contribution in [3.05, 3.63) is 29.3 Å². The number of rotatable bonds is 8. The van der Waals surface area contributed by atoms with Crippen molar-refractivity contribution in [2.24, 2.45) is 4.99 Å². The van der Waals surface area contributed by atoms with Crippen LogP contribution in [0.4, 0.5) is 65.9 Å². The molecule has 0 aromatic heterocycles. The Bertz CT molecular complexity index is 888. The van der Waals surface area contributed by atoms with Crippen LogP contribution in [0.2, 0.25) is 0 Å². The van der Waals surface area contributed by atoms with Gasteiger partial charge < -0.3 is 0 Å². The van der Waals surface area contributed by atoms with Gasteiger partial charge in [-0.1, -0.05) is 18.2 Å². The van der Waals surface area contributed by atoms with Crippen LogP contribution >= 0.6 is 12.6 Å². The van der Waals surface area contributed by atoms with Crippen molar-refractivity contribution in [3.63, 3.8) is 0 Å². The van der Waals surface area contributed by atoms with E-state index in [-0.39, 0.29) is 10.5 Å². The summed E-state index contributed by atoms with van der Waals surface area (Å²) in [4.78, 5) is 2.66. The molecule has 0 radical (unpaired) electrons. The maximum absolute atomic E-state index is 13.7. The van der Waals surface area contributed by atoms with Crippen LogP contribution in [0.15, 0.2) is 28.1 Å². The number of hydrogen-bond donors (Lipinski definition) is 1. The van der Waals surface area contributed by atoms with E-state index in [1.54, 1.807) is 0 Å². The molecule has 1 aromatic rings. The Labute approximate surface area is 180 Å². The highest BCUT2D eigenvalue weighted by Gasteiger charge is 2.93. The summed E-state index contributed by atoms with van der Waals surface area (Å²) in [6.45, 7) is -1.34. The number of halogens is 15. The Kier molecular flexibility index (Phi) is 7.48. The summed E-state index contributed by atoms with van der Waals surface area (Å²) in [5.74, 6) is -46.6. The summed E-state index contributed by atoms with van der Waals surface area (Å²) >= 11 is 3.89. The molecule has 0 spiro atoms. The van der Waals surface area contributed by atoms with Gasteiger partial charge in [0, 0.05) is 16.7 Å². The molecule has 0 atom stereocenters. The normalized spacial score (nSPS) is 15.4. The van der Waals surface area contributed by atoms with Crippen molar-refractivity contribution in [2.75, 3.05) is 6.54 Å². The van der Waals surface area contributed by atoms with Crippen molar-refractivity contribution in [2.45, 2.75) is 53.5 Å². The molecule has 0 bridgehead atoms. The van der Waals surface area contributed by atoms with E-state index in [9.17, 15) is 65.9 Å². The van der Waals surface area contributed by atoms with Gasteiger partial charge in [-0.2, -0.15) is 65.9 Å². The topological polar surface area (TPSA) is 12.4 Å². The highest BCUT2D eigenvalue weighted by Crippen LogP contribution is 2.62. The minimum absolute atomic E-state index is 0.0298. The second-order valence-corrected chi connectivity index (χ2v) is 7.00. The fraction of sp³-hybridized carbons (Fsp3) is 0.562. The quantitative estimate of drug-likeness (QED) is 0.209. The molecule has 1 rings (SSSR count). The highest BCUT2D eigenvalue weighted by atomic mass is 32.1. The number of benzene rings is 1. The molecule has 0 aliphatic heterocycles. The molecule has 190 valence electrons. The van der Waals surface area contributed by atoms with E-state index in [1.165, 1.54) is 19.1 Å². The monoisotopic (exact) mass is 533 g/mol. The Hall–Kier alpha value is -1.81. The maximum Gasteiger partial charge on any atom is 0.460 e. The minimum atomic E-state index is -8.30. The third-order valence-electron chi connectivity index (χ3n) is 4.18. The molecule has 0 saturated heterocycles. The third-order valence-corrected chi connectivity index (χ3v) is 4.79. The standard InChI is InChI=1S/C16H10F15NS/c1-7-3-2-4-8(9(7)33)5-32-6-10(17,18)11(19,20)12(21,22)13(23,24)14(25,26)15(27,28)16(29,30)31/h2-5,33H,6H2,1H3. The molecular formula is C16H10F15NS. The van der Waals surface area contributed by atoms with Gasteiger partial charge in [-0.3, -0.25) is 4.99 Å². The molecule has 0 amide bonds. The fourth-order valence-corrected chi connectivity index (χ4v) is 2.35. The van der Waals surface area contributed by atoms with Gasteiger partial charge >= 0.3 is 41.7 Å². The number of hydrogen-bond acceptors (Lipinski definition) is 2. The van der Waals surface area contributed by atoms with E-state index in [1.807, 2.05) is 0 Å². The zero-order valence-electron chi connectivity index (χ0n) is 15.6. The van der Waals surface area contributed by atoms with E-state index in [2.05, 4.69) is 17.6 Å².